The van der Waals surface area contributed by atoms with Gasteiger partial charge in [-0.3, -0.25) is 0 Å². The quantitative estimate of drug-likeness (QED) is 0.888. The van der Waals surface area contributed by atoms with Crippen LogP contribution in [0.5, 0.6) is 0 Å². The molecule has 0 radical (unpaired) electrons. The summed E-state index contributed by atoms with van der Waals surface area (Å²) in [6.45, 7) is 0.636. The van der Waals surface area contributed by atoms with Gasteiger partial charge in [-0.2, -0.15) is 10.5 Å². The molecule has 2 heterocycles. The average molecular weight is 260 g/mol. The Morgan fingerprint density at radius 3 is 2.76 bits per heavy atom. The Morgan fingerprint density at radius 2 is 2.18 bits per heavy atom. The molecule has 0 saturated carbocycles. The van der Waals surface area contributed by atoms with Crippen LogP contribution in [0.1, 0.15) is 15.3 Å². The maximum absolute atomic E-state index is 9.00. The van der Waals surface area contributed by atoms with E-state index >= 15 is 0 Å². The number of nitrogens with zero attached hydrogens (tertiary/aromatic N) is 2. The summed E-state index contributed by atoms with van der Waals surface area (Å²) in [7, 11) is 0. The third kappa shape index (κ3) is 2.23. The molecule has 0 aliphatic rings. The molecule has 17 heavy (non-hydrogen) atoms. The highest BCUT2D eigenvalue weighted by Crippen LogP contribution is 2.34. The summed E-state index contributed by atoms with van der Waals surface area (Å²) in [4.78, 5) is 1.55. The Hall–Kier alpha value is -2.02. The van der Waals surface area contributed by atoms with Gasteiger partial charge in [-0.05, 0) is 11.4 Å². The van der Waals surface area contributed by atoms with Crippen molar-refractivity contribution in [2.45, 2.75) is 6.54 Å². The molecule has 84 valence electrons. The van der Waals surface area contributed by atoms with Crippen molar-refractivity contribution in [2.75, 3.05) is 11.1 Å². The Morgan fingerprint density at radius 1 is 1.35 bits per heavy atom. The minimum Gasteiger partial charge on any atom is -0.396 e. The molecule has 4 nitrogen and oxygen atoms in total. The van der Waals surface area contributed by atoms with E-state index in [-0.39, 0.29) is 5.69 Å². The third-order valence-corrected chi connectivity index (χ3v) is 4.11. The lowest BCUT2D eigenvalue weighted by Crippen LogP contribution is -1.97. The highest BCUT2D eigenvalue weighted by molar-refractivity contribution is 7.17. The van der Waals surface area contributed by atoms with Crippen LogP contribution in [0.25, 0.3) is 0 Å². The molecule has 2 rings (SSSR count). The molecule has 0 amide bonds. The summed E-state index contributed by atoms with van der Waals surface area (Å²) in [5.74, 6) is 0. The van der Waals surface area contributed by atoms with E-state index in [0.29, 0.717) is 22.0 Å². The van der Waals surface area contributed by atoms with Crippen LogP contribution in [-0.4, -0.2) is 0 Å². The van der Waals surface area contributed by atoms with Crippen molar-refractivity contribution in [1.82, 2.24) is 0 Å². The number of anilines is 2. The molecule has 0 saturated heterocycles. The van der Waals surface area contributed by atoms with Gasteiger partial charge in [-0.1, -0.05) is 6.07 Å². The average Bonchev–Trinajstić information content (AvgIpc) is 2.94. The number of nitrogen functional groups attached to an aromatic ring is 1. The van der Waals surface area contributed by atoms with E-state index in [9.17, 15) is 0 Å². The number of hydrogen-bond acceptors (Lipinski definition) is 6. The van der Waals surface area contributed by atoms with E-state index in [1.165, 1.54) is 16.2 Å². The minimum atomic E-state index is 0.272. The van der Waals surface area contributed by atoms with Crippen LogP contribution in [0.4, 0.5) is 10.7 Å². The number of nitrogens with two attached hydrogens (primary N) is 1. The fourth-order valence-electron chi connectivity index (χ4n) is 1.34. The van der Waals surface area contributed by atoms with Crippen molar-refractivity contribution >= 4 is 33.4 Å². The largest absolute Gasteiger partial charge is 0.396 e. The molecule has 0 spiro atoms. The van der Waals surface area contributed by atoms with Gasteiger partial charge in [-0.25, -0.2) is 0 Å². The second-order valence-electron chi connectivity index (χ2n) is 3.21. The van der Waals surface area contributed by atoms with Crippen LogP contribution in [-0.2, 0) is 6.54 Å². The predicted molar refractivity (Wildman–Crippen MR) is 69.8 cm³/mol. The van der Waals surface area contributed by atoms with Gasteiger partial charge in [0.1, 0.15) is 27.6 Å². The van der Waals surface area contributed by atoms with Gasteiger partial charge in [0.2, 0.25) is 0 Å². The van der Waals surface area contributed by atoms with Crippen molar-refractivity contribution in [1.29, 1.82) is 10.5 Å². The summed E-state index contributed by atoms with van der Waals surface area (Å²) in [5.41, 5.74) is 6.34. The molecule has 2 aromatic heterocycles. The first kappa shape index (κ1) is 11.5. The number of rotatable bonds is 3. The van der Waals surface area contributed by atoms with E-state index in [0.717, 1.165) is 0 Å². The Kier molecular flexibility index (Phi) is 3.29. The van der Waals surface area contributed by atoms with Crippen molar-refractivity contribution in [3.8, 4) is 12.1 Å². The van der Waals surface area contributed by atoms with Crippen molar-refractivity contribution in [3.05, 3.63) is 32.8 Å². The van der Waals surface area contributed by atoms with Crippen LogP contribution >= 0.6 is 22.7 Å². The van der Waals surface area contributed by atoms with Gasteiger partial charge in [0.25, 0.3) is 0 Å². The Bertz CT molecular complexity index is 599. The van der Waals surface area contributed by atoms with Crippen molar-refractivity contribution < 1.29 is 0 Å². The van der Waals surface area contributed by atoms with Crippen LogP contribution in [0.15, 0.2) is 17.5 Å². The van der Waals surface area contributed by atoms with Gasteiger partial charge >= 0.3 is 0 Å². The van der Waals surface area contributed by atoms with Crippen LogP contribution in [0.3, 0.4) is 0 Å². The van der Waals surface area contributed by atoms with Crippen LogP contribution in [0.2, 0.25) is 0 Å². The molecule has 0 fully saturated rings. The molecule has 6 heteroatoms. The Balaban J connectivity index is 2.22. The van der Waals surface area contributed by atoms with Crippen molar-refractivity contribution in [2.24, 2.45) is 0 Å². The van der Waals surface area contributed by atoms with Crippen molar-refractivity contribution in [3.63, 3.8) is 0 Å². The standard InChI is InChI=1S/C11H8N4S2/c12-4-8-10(14)9(5-13)17-11(8)15-6-7-2-1-3-16-7/h1-3,15H,6,14H2. The van der Waals surface area contributed by atoms with E-state index in [1.807, 2.05) is 29.7 Å². The number of nitriles is 2. The zero-order valence-corrected chi connectivity index (χ0v) is 10.4. The maximum atomic E-state index is 9.00. The minimum absolute atomic E-state index is 0.272. The molecule has 0 aliphatic heterocycles. The third-order valence-electron chi connectivity index (χ3n) is 2.16. The first-order chi connectivity index (χ1) is 8.26. The molecule has 0 aliphatic carbocycles. The van der Waals surface area contributed by atoms with Crippen LogP contribution in [0, 0.1) is 22.7 Å². The first-order valence-electron chi connectivity index (χ1n) is 4.75. The van der Waals surface area contributed by atoms with Gasteiger partial charge in [0.15, 0.2) is 0 Å². The molecule has 3 N–H and O–H groups in total. The molecule has 0 unspecified atom stereocenters. The topological polar surface area (TPSA) is 85.6 Å². The van der Waals surface area contributed by atoms with E-state index < -0.39 is 0 Å². The summed E-state index contributed by atoms with van der Waals surface area (Å²) in [5, 5.41) is 23.6. The van der Waals surface area contributed by atoms with Gasteiger partial charge in [0.05, 0.1) is 12.2 Å². The normalized spacial score (nSPS) is 9.53. The number of hydrogen-bond donors (Lipinski definition) is 2. The maximum Gasteiger partial charge on any atom is 0.131 e. The van der Waals surface area contributed by atoms with E-state index in [2.05, 4.69) is 5.32 Å². The number of nitrogens with one attached hydrogen (secondary N) is 1. The van der Waals surface area contributed by atoms with Gasteiger partial charge in [0, 0.05) is 4.88 Å². The highest BCUT2D eigenvalue weighted by atomic mass is 32.1. The van der Waals surface area contributed by atoms with Gasteiger partial charge in [-0.15, -0.1) is 22.7 Å². The molecule has 0 atom stereocenters. The summed E-state index contributed by atoms with van der Waals surface area (Å²) in [6.07, 6.45) is 0. The molecular weight excluding hydrogens is 252 g/mol. The molecule has 0 bridgehead atoms. The van der Waals surface area contributed by atoms with Crippen LogP contribution < -0.4 is 11.1 Å². The van der Waals surface area contributed by atoms with Gasteiger partial charge < -0.3 is 11.1 Å². The summed E-state index contributed by atoms with van der Waals surface area (Å²) in [6, 6.07) is 7.99. The lowest BCUT2D eigenvalue weighted by molar-refractivity contribution is 1.20. The zero-order valence-electron chi connectivity index (χ0n) is 8.73. The van der Waals surface area contributed by atoms with E-state index in [4.69, 9.17) is 16.3 Å². The zero-order chi connectivity index (χ0) is 12.3. The monoisotopic (exact) mass is 260 g/mol. The summed E-state index contributed by atoms with van der Waals surface area (Å²) >= 11 is 2.85. The predicted octanol–water partition coefficient (Wildman–Crippen LogP) is 2.75. The molecule has 0 aromatic carbocycles. The lowest BCUT2D eigenvalue weighted by Gasteiger charge is -2.01. The second kappa shape index (κ2) is 4.88. The SMILES string of the molecule is N#Cc1sc(NCc2cccs2)c(C#N)c1N. The fourth-order valence-corrected chi connectivity index (χ4v) is 2.85. The molecular formula is C11H8N4S2. The summed E-state index contributed by atoms with van der Waals surface area (Å²) < 4.78 is 0. The van der Waals surface area contributed by atoms with E-state index in [1.54, 1.807) is 11.3 Å². The fraction of sp³-hybridized carbons (Fsp3) is 0.0909. The molecule has 2 aromatic rings. The first-order valence-corrected chi connectivity index (χ1v) is 6.44. The second-order valence-corrected chi connectivity index (χ2v) is 5.26. The number of thiophene rings is 2. The highest BCUT2D eigenvalue weighted by Gasteiger charge is 2.15. The smallest absolute Gasteiger partial charge is 0.131 e. The Labute approximate surface area is 107 Å². The lowest BCUT2D eigenvalue weighted by atomic mass is 10.2.